The third kappa shape index (κ3) is 4.71. The van der Waals surface area contributed by atoms with E-state index in [0.717, 1.165) is 12.0 Å². The molecule has 5 nitrogen and oxygen atoms in total. The van der Waals surface area contributed by atoms with Crippen LogP contribution in [-0.4, -0.2) is 41.8 Å². The Morgan fingerprint density at radius 3 is 2.59 bits per heavy atom. The van der Waals surface area contributed by atoms with Gasteiger partial charge < -0.3 is 20.1 Å². The number of nitrogens with two attached hydrogens (primary N) is 1. The second-order valence-corrected chi connectivity index (χ2v) is 6.68. The fourth-order valence-electron chi connectivity index (χ4n) is 2.55. The fraction of sp³-hybridized carbons (Fsp3) is 0.588. The molecule has 22 heavy (non-hydrogen) atoms. The van der Waals surface area contributed by atoms with Gasteiger partial charge in [-0.1, -0.05) is 30.3 Å². The summed E-state index contributed by atoms with van der Waals surface area (Å²) in [4.78, 5) is 13.9. The minimum absolute atomic E-state index is 0.00118. The number of likely N-dealkylation sites (tertiary alicyclic amines) is 1. The van der Waals surface area contributed by atoms with Crippen LogP contribution in [0.4, 0.5) is 4.79 Å². The molecule has 1 aliphatic rings. The summed E-state index contributed by atoms with van der Waals surface area (Å²) in [5.74, 6) is 0. The van der Waals surface area contributed by atoms with Gasteiger partial charge in [0.05, 0.1) is 19.3 Å². The molecule has 2 rings (SSSR count). The number of carbonyl (C=O) groups is 1. The zero-order chi connectivity index (χ0) is 16.2. The lowest BCUT2D eigenvalue weighted by Gasteiger charge is -2.27. The number of carbonyl (C=O) groups excluding carboxylic acids is 1. The van der Waals surface area contributed by atoms with Crippen molar-refractivity contribution in [3.05, 3.63) is 35.9 Å². The van der Waals surface area contributed by atoms with E-state index in [0.29, 0.717) is 19.7 Å². The molecule has 122 valence electrons. The molecule has 0 spiro atoms. The third-order valence-corrected chi connectivity index (χ3v) is 3.60. The van der Waals surface area contributed by atoms with Crippen LogP contribution in [0.15, 0.2) is 30.3 Å². The smallest absolute Gasteiger partial charge is 0.410 e. The lowest BCUT2D eigenvalue weighted by molar-refractivity contribution is 0.0153. The van der Waals surface area contributed by atoms with Crippen LogP contribution in [0.25, 0.3) is 0 Å². The second-order valence-electron chi connectivity index (χ2n) is 6.68. The molecule has 1 fully saturated rings. The highest BCUT2D eigenvalue weighted by molar-refractivity contribution is 5.69. The van der Waals surface area contributed by atoms with E-state index in [-0.39, 0.29) is 18.2 Å². The van der Waals surface area contributed by atoms with E-state index in [2.05, 4.69) is 0 Å². The van der Waals surface area contributed by atoms with Crippen molar-refractivity contribution >= 4 is 6.09 Å². The molecule has 0 bridgehead atoms. The van der Waals surface area contributed by atoms with Gasteiger partial charge in [-0.2, -0.15) is 0 Å². The lowest BCUT2D eigenvalue weighted by Crippen LogP contribution is -2.43. The zero-order valence-electron chi connectivity index (χ0n) is 13.6. The predicted molar refractivity (Wildman–Crippen MR) is 85.4 cm³/mol. The van der Waals surface area contributed by atoms with Gasteiger partial charge >= 0.3 is 6.09 Å². The third-order valence-electron chi connectivity index (χ3n) is 3.60. The Hall–Kier alpha value is -1.59. The van der Waals surface area contributed by atoms with Gasteiger partial charge in [-0.3, -0.25) is 0 Å². The molecule has 2 N–H and O–H groups in total. The van der Waals surface area contributed by atoms with E-state index < -0.39 is 5.60 Å². The van der Waals surface area contributed by atoms with Crippen LogP contribution in [0.3, 0.4) is 0 Å². The van der Waals surface area contributed by atoms with E-state index in [1.54, 1.807) is 4.90 Å². The maximum atomic E-state index is 12.2. The summed E-state index contributed by atoms with van der Waals surface area (Å²) in [7, 11) is 0. The van der Waals surface area contributed by atoms with Crippen molar-refractivity contribution < 1.29 is 14.3 Å². The number of hydrogen-bond acceptors (Lipinski definition) is 4. The fourth-order valence-corrected chi connectivity index (χ4v) is 2.55. The van der Waals surface area contributed by atoms with Gasteiger partial charge in [0.1, 0.15) is 5.60 Å². The highest BCUT2D eigenvalue weighted by atomic mass is 16.6. The quantitative estimate of drug-likeness (QED) is 0.928. The molecule has 0 aliphatic carbocycles. The van der Waals surface area contributed by atoms with Crippen LogP contribution in [0, 0.1) is 0 Å². The molecule has 1 saturated heterocycles. The summed E-state index contributed by atoms with van der Waals surface area (Å²) in [6.45, 7) is 7.09. The standard InChI is InChI=1S/C17H26N2O3/c1-17(2,3)22-16(20)19-11-15(9-14(19)10-18)21-12-13-7-5-4-6-8-13/h4-8,14-15H,9-12,18H2,1-3H3/t14-,15+/m0/s1. The molecule has 0 saturated carbocycles. The van der Waals surface area contributed by atoms with Gasteiger partial charge in [0, 0.05) is 12.6 Å². The highest BCUT2D eigenvalue weighted by Gasteiger charge is 2.37. The first-order valence-corrected chi connectivity index (χ1v) is 7.74. The minimum Gasteiger partial charge on any atom is -0.444 e. The van der Waals surface area contributed by atoms with Gasteiger partial charge in [-0.25, -0.2) is 4.79 Å². The Labute approximate surface area is 132 Å². The van der Waals surface area contributed by atoms with E-state index >= 15 is 0 Å². The Bertz CT molecular complexity index is 484. The number of amides is 1. The number of ether oxygens (including phenoxy) is 2. The van der Waals surface area contributed by atoms with Crippen molar-refractivity contribution in [2.75, 3.05) is 13.1 Å². The van der Waals surface area contributed by atoms with Crippen LogP contribution in [0.1, 0.15) is 32.8 Å². The molecule has 1 aromatic carbocycles. The first-order valence-electron chi connectivity index (χ1n) is 7.74. The summed E-state index contributed by atoms with van der Waals surface area (Å²) in [5.41, 5.74) is 6.42. The van der Waals surface area contributed by atoms with Gasteiger partial charge in [0.2, 0.25) is 0 Å². The van der Waals surface area contributed by atoms with E-state index in [4.69, 9.17) is 15.2 Å². The highest BCUT2D eigenvalue weighted by Crippen LogP contribution is 2.23. The maximum Gasteiger partial charge on any atom is 0.410 e. The number of nitrogens with zero attached hydrogens (tertiary/aromatic N) is 1. The Kier molecular flexibility index (Phi) is 5.42. The van der Waals surface area contributed by atoms with Crippen molar-refractivity contribution in [1.29, 1.82) is 0 Å². The molecule has 5 heteroatoms. The number of benzene rings is 1. The first-order chi connectivity index (χ1) is 10.4. The monoisotopic (exact) mass is 306 g/mol. The Morgan fingerprint density at radius 2 is 2.00 bits per heavy atom. The number of rotatable bonds is 4. The molecular formula is C17H26N2O3. The maximum absolute atomic E-state index is 12.2. The lowest BCUT2D eigenvalue weighted by atomic mass is 10.2. The molecule has 0 radical (unpaired) electrons. The predicted octanol–water partition coefficient (Wildman–Crippen LogP) is 2.54. The summed E-state index contributed by atoms with van der Waals surface area (Å²) in [5, 5.41) is 0. The van der Waals surface area contributed by atoms with E-state index in [1.807, 2.05) is 51.1 Å². The van der Waals surface area contributed by atoms with Crippen molar-refractivity contribution in [1.82, 2.24) is 4.90 Å². The molecule has 1 aromatic rings. The van der Waals surface area contributed by atoms with Crippen molar-refractivity contribution in [3.63, 3.8) is 0 Å². The van der Waals surface area contributed by atoms with Crippen LogP contribution in [0.2, 0.25) is 0 Å². The molecule has 1 aliphatic heterocycles. The Balaban J connectivity index is 1.90. The van der Waals surface area contributed by atoms with Gasteiger partial charge in [-0.15, -0.1) is 0 Å². The molecule has 0 unspecified atom stereocenters. The van der Waals surface area contributed by atoms with Crippen LogP contribution in [0.5, 0.6) is 0 Å². The van der Waals surface area contributed by atoms with E-state index in [1.165, 1.54) is 0 Å². The van der Waals surface area contributed by atoms with Crippen LogP contribution < -0.4 is 5.73 Å². The van der Waals surface area contributed by atoms with E-state index in [9.17, 15) is 4.79 Å². The molecule has 1 amide bonds. The summed E-state index contributed by atoms with van der Waals surface area (Å²) in [6, 6.07) is 10.00. The van der Waals surface area contributed by atoms with Crippen molar-refractivity contribution in [2.45, 2.75) is 51.5 Å². The normalized spacial score (nSPS) is 21.9. The zero-order valence-corrected chi connectivity index (χ0v) is 13.6. The Morgan fingerprint density at radius 1 is 1.32 bits per heavy atom. The largest absolute Gasteiger partial charge is 0.444 e. The number of hydrogen-bond donors (Lipinski definition) is 1. The summed E-state index contributed by atoms with van der Waals surface area (Å²) in [6.07, 6.45) is 0.442. The summed E-state index contributed by atoms with van der Waals surface area (Å²) < 4.78 is 11.4. The molecular weight excluding hydrogens is 280 g/mol. The summed E-state index contributed by atoms with van der Waals surface area (Å²) >= 11 is 0. The van der Waals surface area contributed by atoms with Gasteiger partial charge in [0.25, 0.3) is 0 Å². The van der Waals surface area contributed by atoms with Gasteiger partial charge in [-0.05, 0) is 32.8 Å². The van der Waals surface area contributed by atoms with Crippen LogP contribution in [-0.2, 0) is 16.1 Å². The molecule has 0 aromatic heterocycles. The average Bonchev–Trinajstić information content (AvgIpc) is 2.88. The molecule has 1 heterocycles. The topological polar surface area (TPSA) is 64.8 Å². The minimum atomic E-state index is -0.501. The average molecular weight is 306 g/mol. The SMILES string of the molecule is CC(C)(C)OC(=O)N1C[C@H](OCc2ccccc2)C[C@H]1CN. The van der Waals surface area contributed by atoms with Gasteiger partial charge in [0.15, 0.2) is 0 Å². The second kappa shape index (κ2) is 7.11. The van der Waals surface area contributed by atoms with Crippen molar-refractivity contribution in [2.24, 2.45) is 5.73 Å². The molecule has 2 atom stereocenters. The van der Waals surface area contributed by atoms with Crippen LogP contribution >= 0.6 is 0 Å². The first kappa shape index (κ1) is 16.8. The van der Waals surface area contributed by atoms with Crippen molar-refractivity contribution in [3.8, 4) is 0 Å².